The van der Waals surface area contributed by atoms with Gasteiger partial charge in [-0.05, 0) is 25.0 Å². The second-order valence-corrected chi connectivity index (χ2v) is 7.78. The molecule has 2 aromatic rings. The van der Waals surface area contributed by atoms with Gasteiger partial charge in [0.2, 0.25) is 11.8 Å². The van der Waals surface area contributed by atoms with Gasteiger partial charge in [0, 0.05) is 23.7 Å². The fourth-order valence-electron chi connectivity index (χ4n) is 2.60. The summed E-state index contributed by atoms with van der Waals surface area (Å²) in [4.78, 5) is 23.9. The summed E-state index contributed by atoms with van der Waals surface area (Å²) in [5, 5.41) is 14.0. The second-order valence-electron chi connectivity index (χ2n) is 6.84. The van der Waals surface area contributed by atoms with Crippen LogP contribution in [0.3, 0.4) is 0 Å². The van der Waals surface area contributed by atoms with Gasteiger partial charge in [0.25, 0.3) is 0 Å². The van der Waals surface area contributed by atoms with E-state index in [0.717, 1.165) is 30.8 Å². The third kappa shape index (κ3) is 5.06. The predicted molar refractivity (Wildman–Crippen MR) is 101 cm³/mol. The van der Waals surface area contributed by atoms with E-state index < -0.39 is 17.5 Å². The van der Waals surface area contributed by atoms with Crippen molar-refractivity contribution >= 4 is 29.3 Å². The minimum atomic E-state index is -1.06. The van der Waals surface area contributed by atoms with E-state index in [0.29, 0.717) is 11.2 Å². The molecule has 2 N–H and O–H groups in total. The number of aromatic nitrogens is 3. The van der Waals surface area contributed by atoms with Crippen molar-refractivity contribution in [1.82, 2.24) is 20.1 Å². The number of halogens is 2. The zero-order valence-electron chi connectivity index (χ0n) is 15.5. The molecule has 0 saturated heterocycles. The zero-order valence-corrected chi connectivity index (χ0v) is 16.4. The highest BCUT2D eigenvalue weighted by atomic mass is 32.2. The molecule has 3 rings (SSSR count). The van der Waals surface area contributed by atoms with Crippen LogP contribution in [0.5, 0.6) is 0 Å². The molecule has 10 heteroatoms. The zero-order chi connectivity index (χ0) is 20.3. The van der Waals surface area contributed by atoms with Crippen molar-refractivity contribution in [3.05, 3.63) is 35.7 Å². The maximum atomic E-state index is 13.1. The molecule has 1 fully saturated rings. The van der Waals surface area contributed by atoms with Crippen LogP contribution in [-0.4, -0.2) is 38.9 Å². The maximum absolute atomic E-state index is 13.1. The van der Waals surface area contributed by atoms with Gasteiger partial charge in [-0.2, -0.15) is 0 Å². The predicted octanol–water partition coefficient (Wildman–Crippen LogP) is 2.86. The van der Waals surface area contributed by atoms with E-state index in [-0.39, 0.29) is 29.8 Å². The SMILES string of the molecule is CC(C)c1nnc(SCC(=O)NCC(=O)Nc2ccc(F)c(F)c2)n1C1CC1. The molecule has 1 aromatic carbocycles. The van der Waals surface area contributed by atoms with Crippen LogP contribution in [0, 0.1) is 11.6 Å². The van der Waals surface area contributed by atoms with Crippen LogP contribution in [0.2, 0.25) is 0 Å². The summed E-state index contributed by atoms with van der Waals surface area (Å²) < 4.78 is 28.1. The van der Waals surface area contributed by atoms with Crippen molar-refractivity contribution < 1.29 is 18.4 Å². The first kappa shape index (κ1) is 20.2. The van der Waals surface area contributed by atoms with Gasteiger partial charge in [-0.3, -0.25) is 9.59 Å². The van der Waals surface area contributed by atoms with Crippen LogP contribution in [0.4, 0.5) is 14.5 Å². The summed E-state index contributed by atoms with van der Waals surface area (Å²) in [5.74, 6) is -1.66. The van der Waals surface area contributed by atoms with Crippen LogP contribution in [-0.2, 0) is 9.59 Å². The van der Waals surface area contributed by atoms with Gasteiger partial charge in [-0.1, -0.05) is 25.6 Å². The van der Waals surface area contributed by atoms with Gasteiger partial charge in [-0.25, -0.2) is 8.78 Å². The monoisotopic (exact) mass is 409 g/mol. The fraction of sp³-hybridized carbons (Fsp3) is 0.444. The van der Waals surface area contributed by atoms with E-state index in [1.165, 1.54) is 17.8 Å². The Kier molecular flexibility index (Phi) is 6.28. The molecule has 2 amide bonds. The number of nitrogens with one attached hydrogen (secondary N) is 2. The highest BCUT2D eigenvalue weighted by molar-refractivity contribution is 7.99. The van der Waals surface area contributed by atoms with Gasteiger partial charge < -0.3 is 15.2 Å². The van der Waals surface area contributed by atoms with Crippen molar-refractivity contribution in [2.24, 2.45) is 0 Å². The van der Waals surface area contributed by atoms with Crippen molar-refractivity contribution in [2.45, 2.75) is 43.8 Å². The largest absolute Gasteiger partial charge is 0.346 e. The second kappa shape index (κ2) is 8.68. The molecule has 28 heavy (non-hydrogen) atoms. The lowest BCUT2D eigenvalue weighted by Crippen LogP contribution is -2.34. The van der Waals surface area contributed by atoms with Crippen LogP contribution in [0.25, 0.3) is 0 Å². The number of hydrogen-bond donors (Lipinski definition) is 2. The quantitative estimate of drug-likeness (QED) is 0.655. The molecule has 150 valence electrons. The fourth-order valence-corrected chi connectivity index (χ4v) is 3.44. The molecule has 0 bridgehead atoms. The Morgan fingerprint density at radius 2 is 1.96 bits per heavy atom. The number of rotatable bonds is 8. The number of carbonyl (C=O) groups is 2. The molecule has 0 atom stereocenters. The van der Waals surface area contributed by atoms with Gasteiger partial charge in [0.15, 0.2) is 16.8 Å². The van der Waals surface area contributed by atoms with E-state index in [1.807, 2.05) is 0 Å². The van der Waals surface area contributed by atoms with E-state index in [4.69, 9.17) is 0 Å². The Balaban J connectivity index is 1.47. The third-order valence-electron chi connectivity index (χ3n) is 4.10. The minimum Gasteiger partial charge on any atom is -0.346 e. The lowest BCUT2D eigenvalue weighted by molar-refractivity contribution is -0.122. The highest BCUT2D eigenvalue weighted by Gasteiger charge is 2.30. The van der Waals surface area contributed by atoms with Gasteiger partial charge in [0.1, 0.15) is 5.82 Å². The van der Waals surface area contributed by atoms with Crippen molar-refractivity contribution in [1.29, 1.82) is 0 Å². The van der Waals surface area contributed by atoms with E-state index >= 15 is 0 Å². The molecule has 1 aromatic heterocycles. The summed E-state index contributed by atoms with van der Waals surface area (Å²) in [7, 11) is 0. The molecule has 0 radical (unpaired) electrons. The summed E-state index contributed by atoms with van der Waals surface area (Å²) in [5.41, 5.74) is 0.117. The van der Waals surface area contributed by atoms with Crippen LogP contribution < -0.4 is 10.6 Å². The van der Waals surface area contributed by atoms with Crippen LogP contribution in [0.15, 0.2) is 23.4 Å². The van der Waals surface area contributed by atoms with E-state index in [9.17, 15) is 18.4 Å². The van der Waals surface area contributed by atoms with E-state index in [2.05, 4.69) is 39.2 Å². The molecular weight excluding hydrogens is 388 g/mol. The average Bonchev–Trinajstić information content (AvgIpc) is 3.40. The van der Waals surface area contributed by atoms with Crippen molar-refractivity contribution in [3.8, 4) is 0 Å². The smallest absolute Gasteiger partial charge is 0.243 e. The van der Waals surface area contributed by atoms with E-state index in [1.54, 1.807) is 0 Å². The van der Waals surface area contributed by atoms with Crippen LogP contribution >= 0.6 is 11.8 Å². The summed E-state index contributed by atoms with van der Waals surface area (Å²) in [6.45, 7) is 3.83. The number of benzene rings is 1. The molecule has 7 nitrogen and oxygen atoms in total. The summed E-state index contributed by atoms with van der Waals surface area (Å²) >= 11 is 1.28. The molecule has 0 unspecified atom stereocenters. The maximum Gasteiger partial charge on any atom is 0.243 e. The Morgan fingerprint density at radius 3 is 2.61 bits per heavy atom. The standard InChI is InChI=1S/C18H21F2N5O2S/c1-10(2)17-23-24-18(25(17)12-4-5-12)28-9-16(27)21-8-15(26)22-11-3-6-13(19)14(20)7-11/h3,6-7,10,12H,4-5,8-9H2,1-2H3,(H,21,27)(H,22,26). The van der Waals surface area contributed by atoms with Gasteiger partial charge in [-0.15, -0.1) is 10.2 Å². The Labute approximate surface area is 165 Å². The number of thioether (sulfide) groups is 1. The number of anilines is 1. The molecule has 0 spiro atoms. The Morgan fingerprint density at radius 1 is 1.21 bits per heavy atom. The summed E-state index contributed by atoms with van der Waals surface area (Å²) in [6, 6.07) is 3.44. The van der Waals surface area contributed by atoms with Crippen molar-refractivity contribution in [2.75, 3.05) is 17.6 Å². The average molecular weight is 409 g/mol. The first-order valence-electron chi connectivity index (χ1n) is 8.94. The highest BCUT2D eigenvalue weighted by Crippen LogP contribution is 2.40. The normalized spacial score (nSPS) is 13.6. The lowest BCUT2D eigenvalue weighted by Gasteiger charge is -2.10. The molecule has 1 aliphatic rings. The Hall–Kier alpha value is -2.49. The number of amides is 2. The Bertz CT molecular complexity index is 883. The molecule has 1 heterocycles. The van der Waals surface area contributed by atoms with Gasteiger partial charge in [0.05, 0.1) is 12.3 Å². The summed E-state index contributed by atoms with van der Waals surface area (Å²) in [6.07, 6.45) is 2.17. The first-order chi connectivity index (χ1) is 13.3. The number of hydrogen-bond acceptors (Lipinski definition) is 5. The minimum absolute atomic E-state index is 0.0986. The molecule has 1 saturated carbocycles. The molecular formula is C18H21F2N5O2S. The van der Waals surface area contributed by atoms with Gasteiger partial charge >= 0.3 is 0 Å². The number of carbonyl (C=O) groups excluding carboxylic acids is 2. The van der Waals surface area contributed by atoms with Crippen molar-refractivity contribution in [3.63, 3.8) is 0 Å². The topological polar surface area (TPSA) is 88.9 Å². The lowest BCUT2D eigenvalue weighted by atomic mass is 10.2. The first-order valence-corrected chi connectivity index (χ1v) is 9.93. The number of nitrogens with zero attached hydrogens (tertiary/aromatic N) is 3. The van der Waals surface area contributed by atoms with Crippen LogP contribution in [0.1, 0.15) is 44.5 Å². The molecule has 0 aliphatic heterocycles. The molecule has 1 aliphatic carbocycles. The third-order valence-corrected chi connectivity index (χ3v) is 5.04.